The first-order valence-corrected chi connectivity index (χ1v) is 8.67. The van der Waals surface area contributed by atoms with Gasteiger partial charge in [-0.2, -0.15) is 0 Å². The minimum Gasteiger partial charge on any atom is -0.363 e. The van der Waals surface area contributed by atoms with E-state index < -0.39 is 17.4 Å². The number of rotatable bonds is 1. The van der Waals surface area contributed by atoms with Crippen LogP contribution in [0.15, 0.2) is 40.2 Å². The van der Waals surface area contributed by atoms with E-state index in [1.165, 1.54) is 23.5 Å². The predicted octanol–water partition coefficient (Wildman–Crippen LogP) is 4.39. The Kier molecular flexibility index (Phi) is 3.29. The van der Waals surface area contributed by atoms with Crippen LogP contribution in [0.3, 0.4) is 0 Å². The zero-order chi connectivity index (χ0) is 16.4. The Morgan fingerprint density at radius 2 is 2.09 bits per heavy atom. The highest BCUT2D eigenvalue weighted by Gasteiger charge is 2.46. The van der Waals surface area contributed by atoms with Crippen molar-refractivity contribution < 1.29 is 14.3 Å². The summed E-state index contributed by atoms with van der Waals surface area (Å²) in [5, 5.41) is 16.5. The minimum absolute atomic E-state index is 0.0987. The van der Waals surface area contributed by atoms with Gasteiger partial charge < -0.3 is 10.4 Å². The lowest BCUT2D eigenvalue weighted by Gasteiger charge is -2.26. The monoisotopic (exact) mass is 411 g/mol. The molecule has 3 aromatic rings. The summed E-state index contributed by atoms with van der Waals surface area (Å²) >= 11 is 11.0. The van der Waals surface area contributed by atoms with Gasteiger partial charge in [0.05, 0.1) is 5.56 Å². The molecule has 2 N–H and O–H groups in total. The van der Waals surface area contributed by atoms with Crippen LogP contribution in [0.1, 0.15) is 21.5 Å². The molecule has 3 nitrogen and oxygen atoms in total. The van der Waals surface area contributed by atoms with Crippen molar-refractivity contribution in [3.8, 4) is 0 Å². The molecular formula is C16H8BrClFNO2S. The topological polar surface area (TPSA) is 49.3 Å². The Hall–Kier alpha value is -1.47. The lowest BCUT2D eigenvalue weighted by Crippen LogP contribution is -2.40. The number of hydrogen-bond donors (Lipinski definition) is 2. The van der Waals surface area contributed by atoms with Crippen molar-refractivity contribution in [3.05, 3.63) is 67.7 Å². The van der Waals surface area contributed by atoms with Gasteiger partial charge in [0.15, 0.2) is 5.72 Å². The van der Waals surface area contributed by atoms with E-state index in [0.29, 0.717) is 15.6 Å². The maximum absolute atomic E-state index is 13.7. The standard InChI is InChI=1S/C16H8BrClFNO2S/c17-10-6-12-8(3-4-23-12)13-14(10)16(22,20-15(13)21)9-5-7(19)1-2-11(9)18/h1-6,22H,(H,20,21). The molecule has 2 heterocycles. The molecule has 0 spiro atoms. The molecule has 23 heavy (non-hydrogen) atoms. The Labute approximate surface area is 147 Å². The smallest absolute Gasteiger partial charge is 0.255 e. The van der Waals surface area contributed by atoms with Crippen LogP contribution in [0.25, 0.3) is 10.1 Å². The molecule has 0 saturated carbocycles. The Bertz CT molecular complexity index is 990. The van der Waals surface area contributed by atoms with Gasteiger partial charge in [-0.3, -0.25) is 4.79 Å². The number of amides is 1. The second kappa shape index (κ2) is 5.01. The number of thiophene rings is 1. The molecule has 4 rings (SSSR count). The van der Waals surface area contributed by atoms with Crippen LogP contribution in [0, 0.1) is 5.82 Å². The average Bonchev–Trinajstić information content (AvgIpc) is 3.05. The van der Waals surface area contributed by atoms with Crippen LogP contribution < -0.4 is 5.32 Å². The van der Waals surface area contributed by atoms with E-state index in [4.69, 9.17) is 11.6 Å². The van der Waals surface area contributed by atoms with Crippen LogP contribution in [-0.2, 0) is 5.72 Å². The maximum Gasteiger partial charge on any atom is 0.255 e. The molecule has 0 bridgehead atoms. The van der Waals surface area contributed by atoms with Gasteiger partial charge in [-0.05, 0) is 35.7 Å². The lowest BCUT2D eigenvalue weighted by molar-refractivity contribution is 0.0470. The van der Waals surface area contributed by atoms with Crippen LogP contribution in [-0.4, -0.2) is 11.0 Å². The fourth-order valence-electron chi connectivity index (χ4n) is 2.94. The molecule has 7 heteroatoms. The lowest BCUT2D eigenvalue weighted by atomic mass is 9.93. The molecular weight excluding hydrogens is 405 g/mol. The van der Waals surface area contributed by atoms with E-state index in [1.807, 2.05) is 17.5 Å². The summed E-state index contributed by atoms with van der Waals surface area (Å²) in [4.78, 5) is 12.5. The van der Waals surface area contributed by atoms with Crippen LogP contribution in [0.2, 0.25) is 5.02 Å². The van der Waals surface area contributed by atoms with Gasteiger partial charge in [0.25, 0.3) is 5.91 Å². The van der Waals surface area contributed by atoms with Crippen molar-refractivity contribution in [2.45, 2.75) is 5.72 Å². The van der Waals surface area contributed by atoms with Crippen molar-refractivity contribution in [1.29, 1.82) is 0 Å². The third kappa shape index (κ3) is 2.06. The first-order chi connectivity index (χ1) is 10.9. The molecule has 1 aliphatic heterocycles. The fraction of sp³-hybridized carbons (Fsp3) is 0.0625. The zero-order valence-corrected chi connectivity index (χ0v) is 14.5. The van der Waals surface area contributed by atoms with Crippen LogP contribution in [0.5, 0.6) is 0 Å². The van der Waals surface area contributed by atoms with E-state index >= 15 is 0 Å². The first kappa shape index (κ1) is 15.1. The van der Waals surface area contributed by atoms with E-state index in [1.54, 1.807) is 0 Å². The van der Waals surface area contributed by atoms with Crippen LogP contribution >= 0.6 is 38.9 Å². The molecule has 0 radical (unpaired) electrons. The molecule has 0 saturated heterocycles. The normalized spacial score (nSPS) is 19.9. The quantitative estimate of drug-likeness (QED) is 0.623. The third-order valence-corrected chi connectivity index (χ3v) is 5.73. The van der Waals surface area contributed by atoms with Gasteiger partial charge in [-0.15, -0.1) is 11.3 Å². The minimum atomic E-state index is -1.89. The summed E-state index contributed by atoms with van der Waals surface area (Å²) in [5.74, 6) is -0.971. The van der Waals surface area contributed by atoms with Gasteiger partial charge >= 0.3 is 0 Å². The summed E-state index contributed by atoms with van der Waals surface area (Å²) in [5.41, 5.74) is -1.07. The summed E-state index contributed by atoms with van der Waals surface area (Å²) in [6.07, 6.45) is 0. The number of nitrogens with one attached hydrogen (secondary N) is 1. The fourth-order valence-corrected chi connectivity index (χ4v) is 4.89. The highest BCUT2D eigenvalue weighted by molar-refractivity contribution is 9.10. The molecule has 1 unspecified atom stereocenters. The summed E-state index contributed by atoms with van der Waals surface area (Å²) in [6, 6.07) is 7.33. The Morgan fingerprint density at radius 1 is 1.30 bits per heavy atom. The molecule has 2 aromatic carbocycles. The van der Waals surface area contributed by atoms with Gasteiger partial charge in [-0.1, -0.05) is 27.5 Å². The van der Waals surface area contributed by atoms with E-state index in [2.05, 4.69) is 21.2 Å². The Morgan fingerprint density at radius 3 is 2.87 bits per heavy atom. The van der Waals surface area contributed by atoms with Gasteiger partial charge in [0.1, 0.15) is 5.82 Å². The molecule has 0 fully saturated rings. The molecule has 1 amide bonds. The number of benzene rings is 2. The summed E-state index contributed by atoms with van der Waals surface area (Å²) in [6.45, 7) is 0. The average molecular weight is 413 g/mol. The predicted molar refractivity (Wildman–Crippen MR) is 91.4 cm³/mol. The van der Waals surface area contributed by atoms with Crippen molar-refractivity contribution in [3.63, 3.8) is 0 Å². The number of aliphatic hydroxyl groups is 1. The van der Waals surface area contributed by atoms with Crippen LogP contribution in [0.4, 0.5) is 4.39 Å². The largest absolute Gasteiger partial charge is 0.363 e. The van der Waals surface area contributed by atoms with E-state index in [-0.39, 0.29) is 10.6 Å². The Balaban J connectivity index is 2.09. The molecule has 1 atom stereocenters. The highest BCUT2D eigenvalue weighted by Crippen LogP contribution is 2.45. The number of halogens is 3. The molecule has 116 valence electrons. The van der Waals surface area contributed by atoms with Gasteiger partial charge in [0.2, 0.25) is 0 Å². The summed E-state index contributed by atoms with van der Waals surface area (Å²) in [7, 11) is 0. The number of hydrogen-bond acceptors (Lipinski definition) is 3. The molecule has 1 aromatic heterocycles. The van der Waals surface area contributed by atoms with E-state index in [9.17, 15) is 14.3 Å². The van der Waals surface area contributed by atoms with Gasteiger partial charge in [-0.25, -0.2) is 4.39 Å². The van der Waals surface area contributed by atoms with Crippen molar-refractivity contribution in [2.24, 2.45) is 0 Å². The van der Waals surface area contributed by atoms with Crippen molar-refractivity contribution >= 4 is 54.9 Å². The second-order valence-electron chi connectivity index (χ2n) is 5.23. The summed E-state index contributed by atoms with van der Waals surface area (Å²) < 4.78 is 15.1. The van der Waals surface area contributed by atoms with Crippen molar-refractivity contribution in [1.82, 2.24) is 5.32 Å². The maximum atomic E-state index is 13.7. The highest BCUT2D eigenvalue weighted by atomic mass is 79.9. The number of fused-ring (bicyclic) bond motifs is 3. The first-order valence-electron chi connectivity index (χ1n) is 6.62. The van der Waals surface area contributed by atoms with E-state index in [0.717, 1.165) is 16.2 Å². The number of carbonyl (C=O) groups excluding carboxylic acids is 1. The zero-order valence-electron chi connectivity index (χ0n) is 11.4. The molecule has 1 aliphatic rings. The van der Waals surface area contributed by atoms with Gasteiger partial charge in [0, 0.05) is 30.7 Å². The van der Waals surface area contributed by atoms with Crippen molar-refractivity contribution in [2.75, 3.05) is 0 Å². The SMILES string of the molecule is O=C1NC(O)(c2cc(F)ccc2Cl)c2c(Br)cc3sccc3c21. The second-order valence-corrected chi connectivity index (χ2v) is 7.44. The number of carbonyl (C=O) groups is 1. The third-order valence-electron chi connectivity index (χ3n) is 3.91. The molecule has 0 aliphatic carbocycles.